The van der Waals surface area contributed by atoms with Crippen molar-refractivity contribution in [3.63, 3.8) is 0 Å². The van der Waals surface area contributed by atoms with Gasteiger partial charge in [0.15, 0.2) is 0 Å². The average molecular weight is 304 g/mol. The summed E-state index contributed by atoms with van der Waals surface area (Å²) < 4.78 is 22.5. The van der Waals surface area contributed by atoms with E-state index in [0.717, 1.165) is 18.9 Å². The average Bonchev–Trinajstić information content (AvgIpc) is 2.44. The van der Waals surface area contributed by atoms with Crippen LogP contribution in [0.2, 0.25) is 6.04 Å². The van der Waals surface area contributed by atoms with Crippen LogP contribution in [0.15, 0.2) is 12.7 Å². The van der Waals surface area contributed by atoms with Gasteiger partial charge in [0.25, 0.3) is 0 Å². The largest absolute Gasteiger partial charge is 0.501 e. The van der Waals surface area contributed by atoms with Gasteiger partial charge in [-0.2, -0.15) is 0 Å². The lowest BCUT2D eigenvalue weighted by molar-refractivity contribution is -0.137. The third-order valence-electron chi connectivity index (χ3n) is 2.59. The van der Waals surface area contributed by atoms with E-state index in [0.29, 0.717) is 38.9 Å². The van der Waals surface area contributed by atoms with Gasteiger partial charge in [-0.1, -0.05) is 19.9 Å². The number of esters is 1. The monoisotopic (exact) mass is 304 g/mol. The minimum Gasteiger partial charge on any atom is -0.463 e. The van der Waals surface area contributed by atoms with Gasteiger partial charge in [0.1, 0.15) is 0 Å². The molecule has 0 aromatic rings. The molecule has 0 fully saturated rings. The lowest BCUT2D eigenvalue weighted by Crippen LogP contribution is -2.46. The first-order chi connectivity index (χ1) is 9.64. The summed E-state index contributed by atoms with van der Waals surface area (Å²) in [7, 11) is -2.63. The van der Waals surface area contributed by atoms with E-state index in [1.807, 2.05) is 13.8 Å². The number of hydrogen-bond donors (Lipinski definition) is 0. The van der Waals surface area contributed by atoms with Crippen molar-refractivity contribution in [3.8, 4) is 0 Å². The lowest BCUT2D eigenvalue weighted by atomic mass is 10.4. The third-order valence-corrected chi connectivity index (χ3v) is 5.65. The van der Waals surface area contributed by atoms with Gasteiger partial charge in [-0.05, 0) is 26.7 Å². The Hall–Kier alpha value is -0.693. The van der Waals surface area contributed by atoms with E-state index >= 15 is 0 Å². The van der Waals surface area contributed by atoms with Gasteiger partial charge in [0, 0.05) is 31.9 Å². The summed E-state index contributed by atoms with van der Waals surface area (Å²) in [5.41, 5.74) is 0. The topological polar surface area (TPSA) is 54.0 Å². The number of hydrogen-bond acceptors (Lipinski definition) is 5. The Balaban J connectivity index is 4.32. The molecule has 0 aliphatic heterocycles. The van der Waals surface area contributed by atoms with Crippen LogP contribution in [0.1, 0.15) is 40.0 Å². The predicted molar refractivity (Wildman–Crippen MR) is 80.4 cm³/mol. The summed E-state index contributed by atoms with van der Waals surface area (Å²) in [6.07, 6.45) is 3.88. The summed E-state index contributed by atoms with van der Waals surface area (Å²) >= 11 is 0. The molecule has 0 amide bonds. The van der Waals surface area contributed by atoms with E-state index in [4.69, 9.17) is 18.0 Å². The van der Waals surface area contributed by atoms with Crippen molar-refractivity contribution in [2.24, 2.45) is 0 Å². The molecule has 20 heavy (non-hydrogen) atoms. The molecule has 0 spiro atoms. The first-order valence-electron chi connectivity index (χ1n) is 7.35. The Morgan fingerprint density at radius 3 is 2.20 bits per heavy atom. The molecule has 0 radical (unpaired) electrons. The maximum atomic E-state index is 11.0. The van der Waals surface area contributed by atoms with Gasteiger partial charge >= 0.3 is 14.8 Å². The molecule has 0 N–H and O–H groups in total. The smallest absolute Gasteiger partial charge is 0.463 e. The summed E-state index contributed by atoms with van der Waals surface area (Å²) in [6.45, 7) is 11.4. The molecule has 0 aromatic carbocycles. The van der Waals surface area contributed by atoms with Crippen molar-refractivity contribution in [2.75, 3.05) is 26.4 Å². The second kappa shape index (κ2) is 12.1. The third kappa shape index (κ3) is 8.47. The molecule has 0 saturated carbocycles. The molecule has 0 aromatic heterocycles. The van der Waals surface area contributed by atoms with Crippen LogP contribution in [-0.2, 0) is 22.8 Å². The standard InChI is InChI=1S/C14H28O5Si/c1-5-9-12-19-20(17-7-3,18-8-4)13-10-11-16-14(15)6-2/h6H,2,5,7-13H2,1,3-4H3. The zero-order valence-electron chi connectivity index (χ0n) is 13.0. The second-order valence-corrected chi connectivity index (χ2v) is 6.96. The van der Waals surface area contributed by atoms with Crippen LogP contribution in [-0.4, -0.2) is 41.2 Å². The first kappa shape index (κ1) is 19.3. The fourth-order valence-electron chi connectivity index (χ4n) is 1.67. The van der Waals surface area contributed by atoms with Crippen LogP contribution >= 0.6 is 0 Å². The highest BCUT2D eigenvalue weighted by Gasteiger charge is 2.40. The molecule has 0 unspecified atom stereocenters. The fraction of sp³-hybridized carbons (Fsp3) is 0.786. The molecule has 0 bridgehead atoms. The minimum absolute atomic E-state index is 0.330. The van der Waals surface area contributed by atoms with Crippen LogP contribution in [0.25, 0.3) is 0 Å². The van der Waals surface area contributed by atoms with Crippen molar-refractivity contribution in [1.82, 2.24) is 0 Å². The Bertz CT molecular complexity index is 264. The van der Waals surface area contributed by atoms with Crippen LogP contribution in [0.5, 0.6) is 0 Å². The molecule has 0 heterocycles. The maximum Gasteiger partial charge on any atom is 0.501 e. The second-order valence-electron chi connectivity index (χ2n) is 4.23. The highest BCUT2D eigenvalue weighted by atomic mass is 28.4. The van der Waals surface area contributed by atoms with Gasteiger partial charge in [-0.3, -0.25) is 0 Å². The van der Waals surface area contributed by atoms with Crippen LogP contribution in [0, 0.1) is 0 Å². The molecule has 0 saturated heterocycles. The van der Waals surface area contributed by atoms with E-state index in [1.165, 1.54) is 0 Å². The van der Waals surface area contributed by atoms with Crippen molar-refractivity contribution in [1.29, 1.82) is 0 Å². The van der Waals surface area contributed by atoms with Crippen molar-refractivity contribution in [3.05, 3.63) is 12.7 Å². The minimum atomic E-state index is -2.63. The van der Waals surface area contributed by atoms with E-state index in [1.54, 1.807) is 0 Å². The Labute approximate surface area is 123 Å². The Morgan fingerprint density at radius 1 is 1.05 bits per heavy atom. The molecule has 118 valence electrons. The molecular formula is C14H28O5Si. The quantitative estimate of drug-likeness (QED) is 0.227. The maximum absolute atomic E-state index is 11.0. The van der Waals surface area contributed by atoms with E-state index in [9.17, 15) is 4.79 Å². The zero-order valence-corrected chi connectivity index (χ0v) is 14.0. The molecular weight excluding hydrogens is 276 g/mol. The normalized spacial score (nSPS) is 11.3. The lowest BCUT2D eigenvalue weighted by Gasteiger charge is -2.28. The number of ether oxygens (including phenoxy) is 1. The highest BCUT2D eigenvalue weighted by Crippen LogP contribution is 2.19. The van der Waals surface area contributed by atoms with Crippen LogP contribution in [0.4, 0.5) is 0 Å². The van der Waals surface area contributed by atoms with E-state index in [-0.39, 0.29) is 0 Å². The van der Waals surface area contributed by atoms with Gasteiger partial charge < -0.3 is 18.0 Å². The Morgan fingerprint density at radius 2 is 1.70 bits per heavy atom. The summed E-state index contributed by atoms with van der Waals surface area (Å²) in [5.74, 6) is -0.406. The predicted octanol–water partition coefficient (Wildman–Crippen LogP) is 2.93. The summed E-state index contributed by atoms with van der Waals surface area (Å²) in [5, 5.41) is 0. The van der Waals surface area contributed by atoms with Gasteiger partial charge in [-0.15, -0.1) is 0 Å². The molecule has 0 atom stereocenters. The summed E-state index contributed by atoms with van der Waals surface area (Å²) in [4.78, 5) is 11.0. The molecule has 0 rings (SSSR count). The number of carbonyl (C=O) groups is 1. The van der Waals surface area contributed by atoms with E-state index in [2.05, 4.69) is 13.5 Å². The summed E-state index contributed by atoms with van der Waals surface area (Å²) in [6, 6.07) is 0.656. The van der Waals surface area contributed by atoms with Crippen molar-refractivity contribution < 1.29 is 22.8 Å². The molecule has 5 nitrogen and oxygen atoms in total. The van der Waals surface area contributed by atoms with Gasteiger partial charge in [-0.25, -0.2) is 4.79 Å². The van der Waals surface area contributed by atoms with Crippen molar-refractivity contribution >= 4 is 14.8 Å². The first-order valence-corrected chi connectivity index (χ1v) is 9.28. The number of rotatable bonds is 13. The van der Waals surface area contributed by atoms with Gasteiger partial charge in [0.05, 0.1) is 6.61 Å². The number of carbonyl (C=O) groups excluding carboxylic acids is 1. The fourth-order valence-corrected chi connectivity index (χ4v) is 4.27. The molecule has 0 aliphatic carbocycles. The molecule has 6 heteroatoms. The van der Waals surface area contributed by atoms with E-state index < -0.39 is 14.8 Å². The van der Waals surface area contributed by atoms with Gasteiger partial charge in [0.2, 0.25) is 0 Å². The zero-order chi connectivity index (χ0) is 15.3. The SMILES string of the molecule is C=CC(=O)OCCC[Si](OCC)(OCC)OCCCC. The molecule has 0 aliphatic rings. The Kier molecular flexibility index (Phi) is 11.7. The highest BCUT2D eigenvalue weighted by molar-refractivity contribution is 6.60. The number of unbranched alkanes of at least 4 members (excludes halogenated alkanes) is 1. The van der Waals surface area contributed by atoms with Crippen molar-refractivity contribution in [2.45, 2.75) is 46.1 Å². The van der Waals surface area contributed by atoms with Crippen LogP contribution in [0.3, 0.4) is 0 Å². The van der Waals surface area contributed by atoms with Crippen LogP contribution < -0.4 is 0 Å².